The molecule has 0 spiro atoms. The smallest absolute Gasteiger partial charge is 0.335 e. The van der Waals surface area contributed by atoms with Gasteiger partial charge in [-0.25, -0.2) is 4.79 Å². The highest BCUT2D eigenvalue weighted by atomic mass is 16.4. The van der Waals surface area contributed by atoms with Crippen molar-refractivity contribution in [2.75, 3.05) is 0 Å². The van der Waals surface area contributed by atoms with Crippen LogP contribution in [-0.2, 0) is 4.79 Å². The second kappa shape index (κ2) is 4.41. The number of carbonyl (C=O) groups is 2. The van der Waals surface area contributed by atoms with Crippen molar-refractivity contribution in [1.82, 2.24) is 0 Å². The lowest BCUT2D eigenvalue weighted by Gasteiger charge is -1.98. The predicted molar refractivity (Wildman–Crippen MR) is 56.2 cm³/mol. The highest BCUT2D eigenvalue weighted by molar-refractivity contribution is 5.96. The van der Waals surface area contributed by atoms with Crippen molar-refractivity contribution >= 4 is 18.0 Å². The minimum Gasteiger partial charge on any atom is -0.478 e. The summed E-state index contributed by atoms with van der Waals surface area (Å²) in [5.41, 5.74) is 6.27. The molecule has 0 aliphatic rings. The maximum absolute atomic E-state index is 10.8. The first-order valence-electron chi connectivity index (χ1n) is 4.32. The molecule has 0 bridgehead atoms. The monoisotopic (exact) mass is 205 g/mol. The molecular weight excluding hydrogens is 194 g/mol. The Morgan fingerprint density at radius 1 is 1.40 bits per heavy atom. The van der Waals surface area contributed by atoms with Crippen molar-refractivity contribution in [3.8, 4) is 0 Å². The Hall–Kier alpha value is -2.10. The number of hydrogen-bond donors (Lipinski definition) is 2. The summed E-state index contributed by atoms with van der Waals surface area (Å²) in [5, 5.41) is 8.74. The molecule has 0 saturated heterocycles. The molecule has 78 valence electrons. The standard InChI is InChI=1S/C11H11NO3/c1-7(10(12)13)5-8-3-2-4-9(6-8)11(14)15/h2-6H,1H3,(H2,12,13)(H,14,15). The molecule has 0 fully saturated rings. The minimum absolute atomic E-state index is 0.182. The summed E-state index contributed by atoms with van der Waals surface area (Å²) < 4.78 is 0. The first kappa shape index (κ1) is 11.0. The predicted octanol–water partition coefficient (Wildman–Crippen LogP) is 1.27. The van der Waals surface area contributed by atoms with Crippen LogP contribution in [0.3, 0.4) is 0 Å². The third-order valence-corrected chi connectivity index (χ3v) is 1.91. The second-order valence-corrected chi connectivity index (χ2v) is 3.12. The quantitative estimate of drug-likeness (QED) is 0.729. The Kier molecular flexibility index (Phi) is 3.23. The van der Waals surface area contributed by atoms with Gasteiger partial charge in [0, 0.05) is 5.57 Å². The van der Waals surface area contributed by atoms with E-state index in [4.69, 9.17) is 10.8 Å². The number of rotatable bonds is 3. The van der Waals surface area contributed by atoms with Crippen molar-refractivity contribution in [1.29, 1.82) is 0 Å². The Balaban J connectivity index is 3.06. The number of nitrogens with two attached hydrogens (primary N) is 1. The molecule has 0 aliphatic heterocycles. The number of benzene rings is 1. The maximum atomic E-state index is 10.8. The third kappa shape index (κ3) is 2.95. The lowest BCUT2D eigenvalue weighted by molar-refractivity contribution is -0.114. The topological polar surface area (TPSA) is 80.4 Å². The number of primary amides is 1. The molecular formula is C11H11NO3. The zero-order valence-corrected chi connectivity index (χ0v) is 8.23. The van der Waals surface area contributed by atoms with E-state index in [1.165, 1.54) is 12.1 Å². The van der Waals surface area contributed by atoms with E-state index >= 15 is 0 Å². The molecule has 3 N–H and O–H groups in total. The van der Waals surface area contributed by atoms with E-state index < -0.39 is 11.9 Å². The average Bonchev–Trinajstić information content (AvgIpc) is 2.18. The molecule has 1 aromatic rings. The Morgan fingerprint density at radius 3 is 2.60 bits per heavy atom. The highest BCUT2D eigenvalue weighted by Crippen LogP contribution is 2.09. The highest BCUT2D eigenvalue weighted by Gasteiger charge is 2.03. The first-order valence-corrected chi connectivity index (χ1v) is 4.32. The van der Waals surface area contributed by atoms with Crippen LogP contribution in [0.1, 0.15) is 22.8 Å². The van der Waals surface area contributed by atoms with Gasteiger partial charge >= 0.3 is 5.97 Å². The molecule has 1 amide bonds. The van der Waals surface area contributed by atoms with Gasteiger partial charge in [-0.1, -0.05) is 12.1 Å². The van der Waals surface area contributed by atoms with E-state index in [0.717, 1.165) is 0 Å². The van der Waals surface area contributed by atoms with E-state index in [2.05, 4.69) is 0 Å². The summed E-state index contributed by atoms with van der Waals surface area (Å²) >= 11 is 0. The fraction of sp³-hybridized carbons (Fsp3) is 0.0909. The Labute approximate surface area is 87.0 Å². The van der Waals surface area contributed by atoms with Gasteiger partial charge in [-0.15, -0.1) is 0 Å². The lowest BCUT2D eigenvalue weighted by Crippen LogP contribution is -2.11. The molecule has 0 unspecified atom stereocenters. The van der Waals surface area contributed by atoms with Gasteiger partial charge in [0.05, 0.1) is 5.56 Å². The Bertz CT molecular complexity index is 435. The van der Waals surface area contributed by atoms with E-state index in [1.54, 1.807) is 25.1 Å². The minimum atomic E-state index is -0.998. The van der Waals surface area contributed by atoms with Crippen LogP contribution in [0.15, 0.2) is 29.8 Å². The summed E-state index contributed by atoms with van der Waals surface area (Å²) in [6.07, 6.45) is 1.55. The Morgan fingerprint density at radius 2 is 2.07 bits per heavy atom. The average molecular weight is 205 g/mol. The number of carbonyl (C=O) groups excluding carboxylic acids is 1. The number of carboxylic acid groups (broad SMARTS) is 1. The van der Waals surface area contributed by atoms with Crippen molar-refractivity contribution in [3.05, 3.63) is 41.0 Å². The fourth-order valence-corrected chi connectivity index (χ4v) is 1.08. The van der Waals surface area contributed by atoms with Crippen LogP contribution in [0.2, 0.25) is 0 Å². The number of carboxylic acids is 1. The molecule has 1 rings (SSSR count). The van der Waals surface area contributed by atoms with Gasteiger partial charge in [-0.3, -0.25) is 4.79 Å². The molecule has 0 aromatic heterocycles. The van der Waals surface area contributed by atoms with Crippen LogP contribution in [0.5, 0.6) is 0 Å². The number of amides is 1. The van der Waals surface area contributed by atoms with E-state index in [-0.39, 0.29) is 5.56 Å². The molecule has 0 aliphatic carbocycles. The van der Waals surface area contributed by atoms with Gasteiger partial charge in [0.1, 0.15) is 0 Å². The molecule has 4 heteroatoms. The van der Waals surface area contributed by atoms with Crippen molar-refractivity contribution in [2.45, 2.75) is 6.92 Å². The fourth-order valence-electron chi connectivity index (χ4n) is 1.08. The van der Waals surface area contributed by atoms with Crippen LogP contribution in [0.4, 0.5) is 0 Å². The van der Waals surface area contributed by atoms with E-state index in [1.807, 2.05) is 0 Å². The zero-order chi connectivity index (χ0) is 11.4. The molecule has 1 aromatic carbocycles. The van der Waals surface area contributed by atoms with Gasteiger partial charge in [0.15, 0.2) is 0 Å². The van der Waals surface area contributed by atoms with Gasteiger partial charge in [-0.05, 0) is 30.7 Å². The number of aromatic carboxylic acids is 1. The summed E-state index contributed by atoms with van der Waals surface area (Å²) in [6, 6.07) is 6.29. The molecule has 0 radical (unpaired) electrons. The summed E-state index contributed by atoms with van der Waals surface area (Å²) in [7, 11) is 0. The molecule has 15 heavy (non-hydrogen) atoms. The van der Waals surface area contributed by atoms with Gasteiger partial charge in [0.25, 0.3) is 0 Å². The van der Waals surface area contributed by atoms with E-state index in [0.29, 0.717) is 11.1 Å². The van der Waals surface area contributed by atoms with E-state index in [9.17, 15) is 9.59 Å². The number of hydrogen-bond acceptors (Lipinski definition) is 2. The van der Waals surface area contributed by atoms with Gasteiger partial charge in [-0.2, -0.15) is 0 Å². The van der Waals surface area contributed by atoms with Crippen LogP contribution < -0.4 is 5.73 Å². The molecule has 0 saturated carbocycles. The normalized spacial score (nSPS) is 11.1. The third-order valence-electron chi connectivity index (χ3n) is 1.91. The van der Waals surface area contributed by atoms with Crippen molar-refractivity contribution in [3.63, 3.8) is 0 Å². The first-order chi connectivity index (χ1) is 7.00. The maximum Gasteiger partial charge on any atom is 0.335 e. The molecule has 0 atom stereocenters. The van der Waals surface area contributed by atoms with Crippen molar-refractivity contribution in [2.24, 2.45) is 5.73 Å². The largest absolute Gasteiger partial charge is 0.478 e. The van der Waals surface area contributed by atoms with Crippen LogP contribution in [0, 0.1) is 0 Å². The lowest BCUT2D eigenvalue weighted by atomic mass is 10.1. The summed E-state index contributed by atoms with van der Waals surface area (Å²) in [5.74, 6) is -1.52. The molecule has 0 heterocycles. The summed E-state index contributed by atoms with van der Waals surface area (Å²) in [4.78, 5) is 21.4. The van der Waals surface area contributed by atoms with Crippen LogP contribution >= 0.6 is 0 Å². The summed E-state index contributed by atoms with van der Waals surface area (Å²) in [6.45, 7) is 1.58. The van der Waals surface area contributed by atoms with Crippen LogP contribution in [0.25, 0.3) is 6.08 Å². The van der Waals surface area contributed by atoms with Gasteiger partial charge in [0.2, 0.25) is 5.91 Å². The van der Waals surface area contributed by atoms with Crippen molar-refractivity contribution < 1.29 is 14.7 Å². The van der Waals surface area contributed by atoms with Crippen LogP contribution in [-0.4, -0.2) is 17.0 Å². The SMILES string of the molecule is CC(=Cc1cccc(C(=O)O)c1)C(N)=O. The zero-order valence-electron chi connectivity index (χ0n) is 8.23. The van der Waals surface area contributed by atoms with Gasteiger partial charge < -0.3 is 10.8 Å². The molecule has 4 nitrogen and oxygen atoms in total. The second-order valence-electron chi connectivity index (χ2n) is 3.12.